The number of hydrogen-bond acceptors (Lipinski definition) is 2. The number of aryl methyl sites for hydroxylation is 1. The maximum atomic E-state index is 3.43. The van der Waals surface area contributed by atoms with Gasteiger partial charge in [-0.3, -0.25) is 0 Å². The summed E-state index contributed by atoms with van der Waals surface area (Å²) < 4.78 is 0. The third-order valence-corrected chi connectivity index (χ3v) is 4.47. The van der Waals surface area contributed by atoms with Crippen molar-refractivity contribution in [2.24, 2.45) is 0 Å². The zero-order valence-electron chi connectivity index (χ0n) is 11.2. The molecule has 1 atom stereocenters. The van der Waals surface area contributed by atoms with Crippen molar-refractivity contribution in [2.75, 3.05) is 7.05 Å². The van der Waals surface area contributed by atoms with Gasteiger partial charge in [0.2, 0.25) is 0 Å². The molecule has 1 nitrogen and oxygen atoms in total. The van der Waals surface area contributed by atoms with Gasteiger partial charge in [0.25, 0.3) is 0 Å². The molecule has 0 aliphatic carbocycles. The highest BCUT2D eigenvalue weighted by molar-refractivity contribution is 7.10. The molecule has 0 radical (unpaired) electrons. The van der Waals surface area contributed by atoms with E-state index in [1.807, 2.05) is 7.05 Å². The van der Waals surface area contributed by atoms with Crippen LogP contribution in [-0.2, 0) is 0 Å². The summed E-state index contributed by atoms with van der Waals surface area (Å²) in [5, 5.41) is 8.19. The van der Waals surface area contributed by atoms with Crippen LogP contribution >= 0.6 is 11.3 Å². The molecule has 0 aliphatic heterocycles. The number of hydrogen-bond donors (Lipinski definition) is 1. The highest BCUT2D eigenvalue weighted by Crippen LogP contribution is 2.29. The van der Waals surface area contributed by atoms with E-state index in [0.717, 1.165) is 0 Å². The fraction of sp³-hybridized carbons (Fsp3) is 0.176. The molecule has 0 spiro atoms. The third kappa shape index (κ3) is 2.29. The minimum Gasteiger partial charge on any atom is -0.309 e. The van der Waals surface area contributed by atoms with Crippen LogP contribution < -0.4 is 5.32 Å². The molecule has 0 bridgehead atoms. The van der Waals surface area contributed by atoms with E-state index >= 15 is 0 Å². The zero-order chi connectivity index (χ0) is 13.2. The Labute approximate surface area is 117 Å². The first-order valence-corrected chi connectivity index (χ1v) is 7.37. The number of benzene rings is 2. The van der Waals surface area contributed by atoms with Crippen LogP contribution in [0.1, 0.15) is 22.0 Å². The topological polar surface area (TPSA) is 12.0 Å². The van der Waals surface area contributed by atoms with Gasteiger partial charge in [0, 0.05) is 4.88 Å². The fourth-order valence-corrected chi connectivity index (χ4v) is 3.32. The van der Waals surface area contributed by atoms with Crippen molar-refractivity contribution in [2.45, 2.75) is 13.0 Å². The van der Waals surface area contributed by atoms with E-state index in [1.165, 1.54) is 26.8 Å². The summed E-state index contributed by atoms with van der Waals surface area (Å²) in [6, 6.07) is 17.7. The van der Waals surface area contributed by atoms with Crippen LogP contribution in [0.2, 0.25) is 0 Å². The van der Waals surface area contributed by atoms with Gasteiger partial charge in [-0.25, -0.2) is 0 Å². The van der Waals surface area contributed by atoms with E-state index in [1.54, 1.807) is 11.3 Å². The molecule has 96 valence electrons. The van der Waals surface area contributed by atoms with Gasteiger partial charge in [0.1, 0.15) is 0 Å². The number of thiophene rings is 1. The maximum absolute atomic E-state index is 3.43. The normalized spacial score (nSPS) is 12.7. The van der Waals surface area contributed by atoms with E-state index in [0.29, 0.717) is 0 Å². The average Bonchev–Trinajstić information content (AvgIpc) is 2.86. The van der Waals surface area contributed by atoms with Crippen molar-refractivity contribution in [3.8, 4) is 0 Å². The lowest BCUT2D eigenvalue weighted by molar-refractivity contribution is 0.692. The number of rotatable bonds is 3. The Morgan fingerprint density at radius 2 is 1.79 bits per heavy atom. The van der Waals surface area contributed by atoms with Gasteiger partial charge in [-0.2, -0.15) is 0 Å². The maximum Gasteiger partial charge on any atom is 0.0585 e. The SMILES string of the molecule is CNC(c1ccc2ccccc2c1)c1ccsc1C. The molecule has 3 aromatic rings. The van der Waals surface area contributed by atoms with Gasteiger partial charge in [-0.1, -0.05) is 36.4 Å². The van der Waals surface area contributed by atoms with Crippen LogP contribution in [-0.4, -0.2) is 7.05 Å². The number of nitrogens with one attached hydrogen (secondary N) is 1. The van der Waals surface area contributed by atoms with E-state index in [2.05, 4.69) is 66.2 Å². The van der Waals surface area contributed by atoms with Gasteiger partial charge in [-0.15, -0.1) is 11.3 Å². The van der Waals surface area contributed by atoms with Gasteiger partial charge >= 0.3 is 0 Å². The summed E-state index contributed by atoms with van der Waals surface area (Å²) in [6.07, 6.45) is 0. The lowest BCUT2D eigenvalue weighted by Gasteiger charge is -2.17. The van der Waals surface area contributed by atoms with Crippen molar-refractivity contribution in [1.82, 2.24) is 5.32 Å². The molecule has 0 fully saturated rings. The molecule has 0 saturated carbocycles. The van der Waals surface area contributed by atoms with Gasteiger partial charge < -0.3 is 5.32 Å². The average molecular weight is 267 g/mol. The highest BCUT2D eigenvalue weighted by atomic mass is 32.1. The second-order valence-corrected chi connectivity index (χ2v) is 5.88. The molecule has 1 unspecified atom stereocenters. The summed E-state index contributed by atoms with van der Waals surface area (Å²) in [7, 11) is 2.02. The minimum absolute atomic E-state index is 0.274. The Morgan fingerprint density at radius 1 is 1.00 bits per heavy atom. The first-order valence-electron chi connectivity index (χ1n) is 6.49. The monoisotopic (exact) mass is 267 g/mol. The van der Waals surface area contributed by atoms with Crippen molar-refractivity contribution in [3.05, 3.63) is 69.9 Å². The van der Waals surface area contributed by atoms with Crippen molar-refractivity contribution < 1.29 is 0 Å². The molecule has 0 aliphatic rings. The van der Waals surface area contributed by atoms with E-state index in [-0.39, 0.29) is 6.04 Å². The fourth-order valence-electron chi connectivity index (χ4n) is 2.58. The summed E-state index contributed by atoms with van der Waals surface area (Å²) in [5.41, 5.74) is 2.70. The summed E-state index contributed by atoms with van der Waals surface area (Å²) in [5.74, 6) is 0. The summed E-state index contributed by atoms with van der Waals surface area (Å²) >= 11 is 1.81. The molecule has 1 heterocycles. The molecular weight excluding hydrogens is 250 g/mol. The van der Waals surface area contributed by atoms with E-state index in [9.17, 15) is 0 Å². The standard InChI is InChI=1S/C17H17NS/c1-12-16(9-10-19-12)17(18-2)15-8-7-13-5-3-4-6-14(13)11-15/h3-11,17-18H,1-2H3. The van der Waals surface area contributed by atoms with Crippen LogP contribution in [0, 0.1) is 6.92 Å². The van der Waals surface area contributed by atoms with E-state index in [4.69, 9.17) is 0 Å². The van der Waals surface area contributed by atoms with Gasteiger partial charge in [0.15, 0.2) is 0 Å². The molecule has 0 amide bonds. The van der Waals surface area contributed by atoms with Crippen LogP contribution in [0.15, 0.2) is 53.9 Å². The third-order valence-electron chi connectivity index (χ3n) is 3.61. The van der Waals surface area contributed by atoms with Crippen molar-refractivity contribution in [1.29, 1.82) is 0 Å². The molecular formula is C17H17NS. The molecule has 2 heteroatoms. The lowest BCUT2D eigenvalue weighted by Crippen LogP contribution is -2.17. The lowest BCUT2D eigenvalue weighted by atomic mass is 9.97. The Bertz CT molecular complexity index is 699. The Hall–Kier alpha value is -1.64. The Balaban J connectivity index is 2.09. The second kappa shape index (κ2) is 5.16. The molecule has 2 aromatic carbocycles. The Morgan fingerprint density at radius 3 is 2.47 bits per heavy atom. The van der Waals surface area contributed by atoms with Crippen LogP contribution in [0.5, 0.6) is 0 Å². The van der Waals surface area contributed by atoms with Crippen LogP contribution in [0.25, 0.3) is 10.8 Å². The number of fused-ring (bicyclic) bond motifs is 1. The molecule has 1 N–H and O–H groups in total. The molecule has 3 rings (SSSR count). The second-order valence-electron chi connectivity index (χ2n) is 4.76. The predicted octanol–water partition coefficient (Wildman–Crippen LogP) is 4.52. The van der Waals surface area contributed by atoms with Crippen LogP contribution in [0.3, 0.4) is 0 Å². The Kier molecular flexibility index (Phi) is 3.36. The van der Waals surface area contributed by atoms with Crippen molar-refractivity contribution >= 4 is 22.1 Å². The minimum atomic E-state index is 0.274. The smallest absolute Gasteiger partial charge is 0.0585 e. The first-order chi connectivity index (χ1) is 9.29. The molecule has 19 heavy (non-hydrogen) atoms. The van der Waals surface area contributed by atoms with Crippen molar-refractivity contribution in [3.63, 3.8) is 0 Å². The van der Waals surface area contributed by atoms with E-state index < -0.39 is 0 Å². The highest BCUT2D eigenvalue weighted by Gasteiger charge is 2.15. The quantitative estimate of drug-likeness (QED) is 0.735. The summed E-state index contributed by atoms with van der Waals surface area (Å²) in [6.45, 7) is 2.19. The molecule has 0 saturated heterocycles. The van der Waals surface area contributed by atoms with Crippen LogP contribution in [0.4, 0.5) is 0 Å². The largest absolute Gasteiger partial charge is 0.309 e. The zero-order valence-corrected chi connectivity index (χ0v) is 12.0. The first kappa shape index (κ1) is 12.4. The predicted molar refractivity (Wildman–Crippen MR) is 83.9 cm³/mol. The molecule has 1 aromatic heterocycles. The van der Waals surface area contributed by atoms with Gasteiger partial charge in [-0.05, 0) is 53.4 Å². The van der Waals surface area contributed by atoms with Gasteiger partial charge in [0.05, 0.1) is 6.04 Å². The summed E-state index contributed by atoms with van der Waals surface area (Å²) in [4.78, 5) is 1.38.